The summed E-state index contributed by atoms with van der Waals surface area (Å²) in [7, 11) is 0. The third-order valence-electron chi connectivity index (χ3n) is 4.35. The fourth-order valence-electron chi connectivity index (χ4n) is 3.07. The highest BCUT2D eigenvalue weighted by molar-refractivity contribution is 7.12. The molecule has 1 aliphatic rings. The lowest BCUT2D eigenvalue weighted by Gasteiger charge is -2.19. The molecule has 0 unspecified atom stereocenters. The van der Waals surface area contributed by atoms with Crippen molar-refractivity contribution in [3.05, 3.63) is 88.0 Å². The molecule has 0 atom stereocenters. The van der Waals surface area contributed by atoms with E-state index in [1.165, 1.54) is 11.3 Å². The van der Waals surface area contributed by atoms with Crippen LogP contribution in [0.5, 0.6) is 0 Å². The van der Waals surface area contributed by atoms with Gasteiger partial charge in [0, 0.05) is 24.6 Å². The van der Waals surface area contributed by atoms with Gasteiger partial charge in [-0.25, -0.2) is 0 Å². The number of carbonyl (C=O) groups excluding carboxylic acids is 2. The maximum atomic E-state index is 13.2. The van der Waals surface area contributed by atoms with Gasteiger partial charge in [-0.05, 0) is 47.2 Å². The monoisotopic (exact) mass is 375 g/mol. The highest BCUT2D eigenvalue weighted by Crippen LogP contribution is 2.28. The summed E-state index contributed by atoms with van der Waals surface area (Å²) in [5.41, 5.74) is 3.01. The molecule has 1 aromatic carbocycles. The molecular formula is C21H17N3O2S. The minimum Gasteiger partial charge on any atom is -0.317 e. The van der Waals surface area contributed by atoms with Crippen LogP contribution in [0, 0.1) is 0 Å². The highest BCUT2D eigenvalue weighted by atomic mass is 32.1. The Labute approximate surface area is 161 Å². The van der Waals surface area contributed by atoms with Crippen molar-refractivity contribution >= 4 is 34.9 Å². The van der Waals surface area contributed by atoms with Crippen LogP contribution in [0.2, 0.25) is 0 Å². The second-order valence-corrected chi connectivity index (χ2v) is 7.06. The number of rotatable bonds is 4. The maximum Gasteiger partial charge on any atom is 0.274 e. The van der Waals surface area contributed by atoms with E-state index in [4.69, 9.17) is 0 Å². The topological polar surface area (TPSA) is 62.3 Å². The number of pyridine rings is 1. The molecule has 134 valence electrons. The molecule has 27 heavy (non-hydrogen) atoms. The first-order valence-electron chi connectivity index (χ1n) is 8.59. The second kappa shape index (κ2) is 7.55. The van der Waals surface area contributed by atoms with Gasteiger partial charge in [-0.2, -0.15) is 0 Å². The fourth-order valence-corrected chi connectivity index (χ4v) is 3.68. The first-order valence-corrected chi connectivity index (χ1v) is 9.47. The van der Waals surface area contributed by atoms with Crippen LogP contribution >= 0.6 is 11.3 Å². The quantitative estimate of drug-likeness (QED) is 0.710. The van der Waals surface area contributed by atoms with Crippen LogP contribution in [0.3, 0.4) is 0 Å². The van der Waals surface area contributed by atoms with Crippen LogP contribution in [-0.4, -0.2) is 23.3 Å². The van der Waals surface area contributed by atoms with Crippen molar-refractivity contribution < 1.29 is 9.59 Å². The van der Waals surface area contributed by atoms with E-state index in [1.807, 2.05) is 41.8 Å². The van der Waals surface area contributed by atoms with Gasteiger partial charge in [0.05, 0.1) is 4.88 Å². The molecule has 2 aromatic heterocycles. The fraction of sp³-hybridized carbons (Fsp3) is 0.0952. The smallest absolute Gasteiger partial charge is 0.274 e. The van der Waals surface area contributed by atoms with Gasteiger partial charge in [-0.1, -0.05) is 30.3 Å². The minimum atomic E-state index is -0.291. The van der Waals surface area contributed by atoms with Crippen molar-refractivity contribution in [1.29, 1.82) is 0 Å². The molecule has 2 amide bonds. The Morgan fingerprint density at radius 3 is 2.78 bits per heavy atom. The molecule has 1 N–H and O–H groups in total. The van der Waals surface area contributed by atoms with Gasteiger partial charge in [0.15, 0.2) is 0 Å². The number of benzene rings is 1. The van der Waals surface area contributed by atoms with E-state index >= 15 is 0 Å². The average Bonchev–Trinajstić information content (AvgIpc) is 3.38. The lowest BCUT2D eigenvalue weighted by Crippen LogP contribution is -2.37. The normalized spacial score (nSPS) is 13.3. The van der Waals surface area contributed by atoms with Crippen LogP contribution in [0.15, 0.2) is 72.0 Å². The van der Waals surface area contributed by atoms with Crippen LogP contribution < -0.4 is 10.2 Å². The number of carbonyl (C=O) groups is 2. The number of nitrogens with zero attached hydrogens (tertiary/aromatic N) is 2. The molecule has 3 heterocycles. The number of nitrogens with one attached hydrogen (secondary N) is 1. The molecule has 0 saturated heterocycles. The number of thiophene rings is 1. The largest absolute Gasteiger partial charge is 0.317 e. The predicted molar refractivity (Wildman–Crippen MR) is 106 cm³/mol. The van der Waals surface area contributed by atoms with E-state index in [-0.39, 0.29) is 17.5 Å². The molecule has 0 spiro atoms. The van der Waals surface area contributed by atoms with Crippen molar-refractivity contribution in [2.24, 2.45) is 0 Å². The lowest BCUT2D eigenvalue weighted by molar-refractivity contribution is -0.115. The second-order valence-electron chi connectivity index (χ2n) is 6.11. The summed E-state index contributed by atoms with van der Waals surface area (Å²) in [6.07, 6.45) is 5.80. The summed E-state index contributed by atoms with van der Waals surface area (Å²) in [4.78, 5) is 32.1. The molecule has 0 fully saturated rings. The van der Waals surface area contributed by atoms with Crippen molar-refractivity contribution in [3.8, 4) is 0 Å². The van der Waals surface area contributed by atoms with E-state index in [1.54, 1.807) is 35.5 Å². The van der Waals surface area contributed by atoms with Gasteiger partial charge < -0.3 is 10.2 Å². The standard InChI is InChI=1S/C21H17N3O2S/c25-20(19-8-4-12-27-19)23-17(13-15-5-3-10-22-14-15)21(26)24-11-9-16-6-1-2-7-18(16)24/h1-8,10,12-14H,9,11H2,(H,23,25). The first kappa shape index (κ1) is 17.2. The van der Waals surface area contributed by atoms with Gasteiger partial charge >= 0.3 is 0 Å². The zero-order valence-electron chi connectivity index (χ0n) is 14.5. The average molecular weight is 375 g/mol. The summed E-state index contributed by atoms with van der Waals surface area (Å²) < 4.78 is 0. The van der Waals surface area contributed by atoms with Crippen molar-refractivity contribution in [2.45, 2.75) is 6.42 Å². The third kappa shape index (κ3) is 3.66. The molecule has 5 nitrogen and oxygen atoms in total. The highest BCUT2D eigenvalue weighted by Gasteiger charge is 2.27. The van der Waals surface area contributed by atoms with Gasteiger partial charge in [-0.3, -0.25) is 14.6 Å². The van der Waals surface area contributed by atoms with Crippen LogP contribution in [0.25, 0.3) is 6.08 Å². The molecule has 1 aliphatic heterocycles. The first-order chi connectivity index (χ1) is 13.2. The summed E-state index contributed by atoms with van der Waals surface area (Å²) in [5.74, 6) is -0.519. The molecule has 6 heteroatoms. The van der Waals surface area contributed by atoms with Gasteiger partial charge in [0.1, 0.15) is 5.70 Å². The number of amides is 2. The Bertz CT molecular complexity index is 997. The molecule has 0 bridgehead atoms. The number of para-hydroxylation sites is 1. The van der Waals surface area contributed by atoms with Crippen molar-refractivity contribution in [1.82, 2.24) is 10.3 Å². The third-order valence-corrected chi connectivity index (χ3v) is 5.22. The predicted octanol–water partition coefficient (Wildman–Crippen LogP) is 3.50. The Morgan fingerprint density at radius 1 is 1.11 bits per heavy atom. The van der Waals surface area contributed by atoms with E-state index in [0.29, 0.717) is 11.4 Å². The molecule has 0 aliphatic carbocycles. The maximum absolute atomic E-state index is 13.2. The van der Waals surface area contributed by atoms with Gasteiger partial charge in [0.2, 0.25) is 0 Å². The van der Waals surface area contributed by atoms with E-state index < -0.39 is 0 Å². The van der Waals surface area contributed by atoms with Crippen LogP contribution in [-0.2, 0) is 11.2 Å². The van der Waals surface area contributed by atoms with Gasteiger partial charge in [-0.15, -0.1) is 11.3 Å². The van der Waals surface area contributed by atoms with Crippen molar-refractivity contribution in [2.75, 3.05) is 11.4 Å². The number of hydrogen-bond acceptors (Lipinski definition) is 4. The number of anilines is 1. The zero-order chi connectivity index (χ0) is 18.6. The van der Waals surface area contributed by atoms with E-state index in [0.717, 1.165) is 23.2 Å². The van der Waals surface area contributed by atoms with Gasteiger partial charge in [0.25, 0.3) is 11.8 Å². The molecule has 4 rings (SSSR count). The molecule has 0 saturated carbocycles. The molecular weight excluding hydrogens is 358 g/mol. The van der Waals surface area contributed by atoms with Crippen molar-refractivity contribution in [3.63, 3.8) is 0 Å². The summed E-state index contributed by atoms with van der Waals surface area (Å²) >= 11 is 1.34. The van der Waals surface area contributed by atoms with Crippen LogP contribution in [0.1, 0.15) is 20.8 Å². The Balaban J connectivity index is 1.66. The lowest BCUT2D eigenvalue weighted by atomic mass is 10.2. The zero-order valence-corrected chi connectivity index (χ0v) is 15.3. The van der Waals surface area contributed by atoms with E-state index in [2.05, 4.69) is 10.3 Å². The Hall–Kier alpha value is -3.25. The summed E-state index contributed by atoms with van der Waals surface area (Å²) in [6, 6.07) is 15.0. The molecule has 0 radical (unpaired) electrons. The summed E-state index contributed by atoms with van der Waals surface area (Å²) in [5, 5.41) is 4.62. The molecule has 3 aromatic rings. The van der Waals surface area contributed by atoms with Crippen LogP contribution in [0.4, 0.5) is 5.69 Å². The Morgan fingerprint density at radius 2 is 2.00 bits per heavy atom. The number of aromatic nitrogens is 1. The minimum absolute atomic E-state index is 0.228. The van der Waals surface area contributed by atoms with E-state index in [9.17, 15) is 9.59 Å². The Kier molecular flexibility index (Phi) is 4.80. The SMILES string of the molecule is O=C(NC(=Cc1cccnc1)C(=O)N1CCc2ccccc21)c1cccs1. The number of hydrogen-bond donors (Lipinski definition) is 1. The number of fused-ring (bicyclic) bond motifs is 1. The summed E-state index contributed by atoms with van der Waals surface area (Å²) in [6.45, 7) is 0.595.